The van der Waals surface area contributed by atoms with Gasteiger partial charge in [0.1, 0.15) is 5.82 Å². The van der Waals surface area contributed by atoms with Crippen molar-refractivity contribution in [2.75, 3.05) is 20.3 Å². The highest BCUT2D eigenvalue weighted by molar-refractivity contribution is 9.10. The molecule has 0 amide bonds. The van der Waals surface area contributed by atoms with Gasteiger partial charge in [-0.1, -0.05) is 12.1 Å². The maximum Gasteiger partial charge on any atom is 0.137 e. The lowest BCUT2D eigenvalue weighted by Gasteiger charge is -2.06. The summed E-state index contributed by atoms with van der Waals surface area (Å²) >= 11 is 3.18. The molecule has 1 rings (SSSR count). The van der Waals surface area contributed by atoms with E-state index in [1.54, 1.807) is 13.2 Å². The SMILES string of the molecule is COCCCOCc1cccc(F)c1Br. The quantitative estimate of drug-likeness (QED) is 0.744. The van der Waals surface area contributed by atoms with Gasteiger partial charge in [0.2, 0.25) is 0 Å². The van der Waals surface area contributed by atoms with Crippen LogP contribution in [0.4, 0.5) is 4.39 Å². The van der Waals surface area contributed by atoms with Crippen molar-refractivity contribution < 1.29 is 13.9 Å². The summed E-state index contributed by atoms with van der Waals surface area (Å²) in [7, 11) is 1.66. The van der Waals surface area contributed by atoms with Crippen molar-refractivity contribution in [2.24, 2.45) is 0 Å². The highest BCUT2D eigenvalue weighted by Gasteiger charge is 2.04. The van der Waals surface area contributed by atoms with Crippen molar-refractivity contribution in [1.29, 1.82) is 0 Å². The predicted octanol–water partition coefficient (Wildman–Crippen LogP) is 3.14. The maximum absolute atomic E-state index is 13.1. The van der Waals surface area contributed by atoms with Crippen LogP contribution in [0.25, 0.3) is 0 Å². The van der Waals surface area contributed by atoms with Gasteiger partial charge in [-0.2, -0.15) is 0 Å². The molecule has 2 nitrogen and oxygen atoms in total. The molecule has 0 aliphatic rings. The Bertz CT molecular complexity index is 305. The smallest absolute Gasteiger partial charge is 0.137 e. The first-order chi connectivity index (χ1) is 7.25. The number of methoxy groups -OCH3 is 1. The molecule has 0 saturated heterocycles. The van der Waals surface area contributed by atoms with Crippen molar-refractivity contribution in [3.05, 3.63) is 34.1 Å². The average Bonchev–Trinajstić information content (AvgIpc) is 2.24. The van der Waals surface area contributed by atoms with E-state index in [0.29, 0.717) is 24.3 Å². The summed E-state index contributed by atoms with van der Waals surface area (Å²) in [6.07, 6.45) is 0.851. The Balaban J connectivity index is 2.34. The van der Waals surface area contributed by atoms with E-state index in [2.05, 4.69) is 15.9 Å². The monoisotopic (exact) mass is 276 g/mol. The first kappa shape index (κ1) is 12.6. The molecule has 0 heterocycles. The van der Waals surface area contributed by atoms with Crippen molar-refractivity contribution >= 4 is 15.9 Å². The first-order valence-electron chi connectivity index (χ1n) is 4.75. The van der Waals surface area contributed by atoms with Crippen LogP contribution in [0.15, 0.2) is 22.7 Å². The molecule has 0 spiro atoms. The van der Waals surface area contributed by atoms with Gasteiger partial charge in [0.05, 0.1) is 11.1 Å². The maximum atomic E-state index is 13.1. The van der Waals surface area contributed by atoms with Gasteiger partial charge in [0.15, 0.2) is 0 Å². The summed E-state index contributed by atoms with van der Waals surface area (Å²) in [6, 6.07) is 4.93. The number of hydrogen-bond acceptors (Lipinski definition) is 2. The first-order valence-corrected chi connectivity index (χ1v) is 5.54. The Morgan fingerprint density at radius 3 is 2.87 bits per heavy atom. The fourth-order valence-electron chi connectivity index (χ4n) is 1.15. The Hall–Kier alpha value is -0.450. The molecule has 1 aromatic carbocycles. The molecule has 0 aliphatic heterocycles. The summed E-state index contributed by atoms with van der Waals surface area (Å²) in [5, 5.41) is 0. The van der Waals surface area contributed by atoms with E-state index in [9.17, 15) is 4.39 Å². The van der Waals surface area contributed by atoms with Crippen LogP contribution in [0.3, 0.4) is 0 Å². The highest BCUT2D eigenvalue weighted by Crippen LogP contribution is 2.20. The lowest BCUT2D eigenvalue weighted by Crippen LogP contribution is -2.00. The molecule has 4 heteroatoms. The molecular formula is C11H14BrFO2. The Morgan fingerprint density at radius 1 is 1.33 bits per heavy atom. The molecule has 0 unspecified atom stereocenters. The third-order valence-electron chi connectivity index (χ3n) is 1.93. The summed E-state index contributed by atoms with van der Waals surface area (Å²) in [6.45, 7) is 1.73. The average molecular weight is 277 g/mol. The van der Waals surface area contributed by atoms with E-state index in [1.165, 1.54) is 6.07 Å². The van der Waals surface area contributed by atoms with Gasteiger partial charge in [0, 0.05) is 20.3 Å². The molecular weight excluding hydrogens is 263 g/mol. The van der Waals surface area contributed by atoms with Crippen LogP contribution in [0.2, 0.25) is 0 Å². The zero-order valence-electron chi connectivity index (χ0n) is 8.63. The standard InChI is InChI=1S/C11H14BrFO2/c1-14-6-3-7-15-8-9-4-2-5-10(13)11(9)12/h2,4-5H,3,6-8H2,1H3. The third kappa shape index (κ3) is 4.28. The lowest BCUT2D eigenvalue weighted by atomic mass is 10.2. The van der Waals surface area contributed by atoms with Crippen LogP contribution < -0.4 is 0 Å². The summed E-state index contributed by atoms with van der Waals surface area (Å²) in [4.78, 5) is 0. The van der Waals surface area contributed by atoms with E-state index in [-0.39, 0.29) is 5.82 Å². The van der Waals surface area contributed by atoms with Crippen molar-refractivity contribution in [1.82, 2.24) is 0 Å². The fraction of sp³-hybridized carbons (Fsp3) is 0.455. The van der Waals surface area contributed by atoms with Gasteiger partial charge in [-0.15, -0.1) is 0 Å². The lowest BCUT2D eigenvalue weighted by molar-refractivity contribution is 0.0924. The van der Waals surface area contributed by atoms with Crippen LogP contribution in [0.1, 0.15) is 12.0 Å². The molecule has 0 fully saturated rings. The Labute approximate surface area is 97.5 Å². The van der Waals surface area contributed by atoms with Crippen molar-refractivity contribution in [3.63, 3.8) is 0 Å². The number of halogens is 2. The fourth-order valence-corrected chi connectivity index (χ4v) is 1.53. The molecule has 0 aliphatic carbocycles. The molecule has 84 valence electrons. The second-order valence-corrected chi connectivity index (χ2v) is 3.90. The van der Waals surface area contributed by atoms with Crippen molar-refractivity contribution in [2.45, 2.75) is 13.0 Å². The minimum atomic E-state index is -0.256. The van der Waals surface area contributed by atoms with Gasteiger partial charge < -0.3 is 9.47 Å². The summed E-state index contributed by atoms with van der Waals surface area (Å²) < 4.78 is 23.8. The van der Waals surface area contributed by atoms with Crippen molar-refractivity contribution in [3.8, 4) is 0 Å². The normalized spacial score (nSPS) is 10.6. The number of rotatable bonds is 6. The molecule has 0 atom stereocenters. The second-order valence-electron chi connectivity index (χ2n) is 3.11. The number of benzene rings is 1. The van der Waals surface area contributed by atoms with Crippen LogP contribution in [-0.2, 0) is 16.1 Å². The molecule has 0 aromatic heterocycles. The van der Waals surface area contributed by atoms with E-state index in [4.69, 9.17) is 9.47 Å². The molecule has 0 N–H and O–H groups in total. The number of hydrogen-bond donors (Lipinski definition) is 0. The van der Waals surface area contributed by atoms with Crippen LogP contribution >= 0.6 is 15.9 Å². The minimum absolute atomic E-state index is 0.256. The Kier molecular flexibility index (Phi) is 5.83. The van der Waals surface area contributed by atoms with Gasteiger partial charge >= 0.3 is 0 Å². The van der Waals surface area contributed by atoms with E-state index < -0.39 is 0 Å². The minimum Gasteiger partial charge on any atom is -0.385 e. The zero-order valence-corrected chi connectivity index (χ0v) is 10.2. The zero-order chi connectivity index (χ0) is 11.1. The van der Waals surface area contributed by atoms with Crippen LogP contribution in [0, 0.1) is 5.82 Å². The molecule has 15 heavy (non-hydrogen) atoms. The molecule has 0 radical (unpaired) electrons. The third-order valence-corrected chi connectivity index (χ3v) is 2.81. The second kappa shape index (κ2) is 6.93. The van der Waals surface area contributed by atoms with E-state index in [1.807, 2.05) is 6.07 Å². The topological polar surface area (TPSA) is 18.5 Å². The van der Waals surface area contributed by atoms with Gasteiger partial charge in [-0.05, 0) is 34.0 Å². The molecule has 0 bridgehead atoms. The van der Waals surface area contributed by atoms with Crippen LogP contribution in [-0.4, -0.2) is 20.3 Å². The highest BCUT2D eigenvalue weighted by atomic mass is 79.9. The van der Waals surface area contributed by atoms with Gasteiger partial charge in [-0.3, -0.25) is 0 Å². The molecule has 0 saturated carbocycles. The predicted molar refractivity (Wildman–Crippen MR) is 60.2 cm³/mol. The number of ether oxygens (including phenoxy) is 2. The van der Waals surface area contributed by atoms with Gasteiger partial charge in [-0.25, -0.2) is 4.39 Å². The van der Waals surface area contributed by atoms with E-state index >= 15 is 0 Å². The van der Waals surface area contributed by atoms with E-state index in [0.717, 1.165) is 12.0 Å². The summed E-state index contributed by atoms with van der Waals surface area (Å²) in [5.74, 6) is -0.256. The van der Waals surface area contributed by atoms with Crippen LogP contribution in [0.5, 0.6) is 0 Å². The van der Waals surface area contributed by atoms with Gasteiger partial charge in [0.25, 0.3) is 0 Å². The Morgan fingerprint density at radius 2 is 2.13 bits per heavy atom. The molecule has 1 aromatic rings. The summed E-state index contributed by atoms with van der Waals surface area (Å²) in [5.41, 5.74) is 0.826. The largest absolute Gasteiger partial charge is 0.385 e.